The largest absolute Gasteiger partial charge is 0.333 e. The Morgan fingerprint density at radius 1 is 1.25 bits per heavy atom. The Morgan fingerprint density at radius 2 is 2.04 bits per heavy atom. The second kappa shape index (κ2) is 7.32. The summed E-state index contributed by atoms with van der Waals surface area (Å²) in [6.07, 6.45) is 2.00. The summed E-state index contributed by atoms with van der Waals surface area (Å²) in [5.74, 6) is -0.0295. The van der Waals surface area contributed by atoms with Crippen LogP contribution in [-0.4, -0.2) is 27.4 Å². The van der Waals surface area contributed by atoms with Crippen molar-refractivity contribution < 1.29 is 4.79 Å². The lowest BCUT2D eigenvalue weighted by Crippen LogP contribution is -2.22. The number of carbonyl (C=O) groups is 1. The minimum Gasteiger partial charge on any atom is -0.333 e. The summed E-state index contributed by atoms with van der Waals surface area (Å²) in [6.45, 7) is 3.94. The molecular weight excluding hydrogens is 338 g/mol. The van der Waals surface area contributed by atoms with E-state index in [1.807, 2.05) is 56.5 Å². The summed E-state index contributed by atoms with van der Waals surface area (Å²) < 4.78 is 0. The fourth-order valence-electron chi connectivity index (χ4n) is 2.36. The van der Waals surface area contributed by atoms with Gasteiger partial charge in [0, 0.05) is 4.90 Å². The van der Waals surface area contributed by atoms with Crippen LogP contribution in [0.3, 0.4) is 0 Å². The summed E-state index contributed by atoms with van der Waals surface area (Å²) in [6, 6.07) is 13.9. The van der Waals surface area contributed by atoms with Gasteiger partial charge < -0.3 is 10.3 Å². The molecule has 0 fully saturated rings. The predicted molar refractivity (Wildman–Crippen MR) is 103 cm³/mol. The third-order valence-corrected chi connectivity index (χ3v) is 5.42. The van der Waals surface area contributed by atoms with Gasteiger partial charge in [-0.15, -0.1) is 11.8 Å². The van der Waals surface area contributed by atoms with E-state index in [-0.39, 0.29) is 11.2 Å². The number of hydrogen-bond donors (Lipinski definition) is 2. The lowest BCUT2D eigenvalue weighted by molar-refractivity contribution is -0.115. The number of aryl methyl sites for hydroxylation is 1. The molecule has 1 aromatic heterocycles. The van der Waals surface area contributed by atoms with Crippen LogP contribution in [0.5, 0.6) is 0 Å². The van der Waals surface area contributed by atoms with Crippen molar-refractivity contribution in [3.8, 4) is 0 Å². The Kier molecular flexibility index (Phi) is 5.16. The SMILES string of the molecule is CSc1ccccc1NC(=O)C(C)Sc1nc2ccc(C)cc2[nH]1. The number of nitrogens with zero attached hydrogens (tertiary/aromatic N) is 1. The zero-order valence-corrected chi connectivity index (χ0v) is 15.4. The summed E-state index contributed by atoms with van der Waals surface area (Å²) >= 11 is 3.05. The number of para-hydroxylation sites is 1. The molecule has 0 aliphatic rings. The maximum atomic E-state index is 12.5. The normalized spacial score (nSPS) is 12.3. The molecule has 1 amide bonds. The molecule has 3 aromatic rings. The van der Waals surface area contributed by atoms with Gasteiger partial charge in [-0.1, -0.05) is 30.0 Å². The predicted octanol–water partition coefficient (Wildman–Crippen LogP) is 4.71. The number of aromatic amines is 1. The zero-order chi connectivity index (χ0) is 17.1. The Bertz CT molecular complexity index is 876. The third-order valence-electron chi connectivity index (χ3n) is 3.64. The number of amides is 1. The van der Waals surface area contributed by atoms with E-state index in [2.05, 4.69) is 21.4 Å². The minimum absolute atomic E-state index is 0.0295. The molecule has 0 bridgehead atoms. The number of nitrogens with one attached hydrogen (secondary N) is 2. The average molecular weight is 358 g/mol. The molecule has 0 radical (unpaired) electrons. The third kappa shape index (κ3) is 3.76. The van der Waals surface area contributed by atoms with Crippen LogP contribution in [0.2, 0.25) is 0 Å². The highest BCUT2D eigenvalue weighted by Gasteiger charge is 2.17. The number of rotatable bonds is 5. The van der Waals surface area contributed by atoms with E-state index in [1.54, 1.807) is 11.8 Å². The number of anilines is 1. The maximum Gasteiger partial charge on any atom is 0.237 e. The standard InChI is InChI=1S/C18H19N3OS2/c1-11-8-9-13-15(10-11)21-18(20-13)24-12(2)17(22)19-14-6-4-5-7-16(14)23-3/h4-10,12H,1-3H3,(H,19,22)(H,20,21). The fourth-order valence-corrected chi connectivity index (χ4v) is 3.73. The molecular formula is C18H19N3OS2. The highest BCUT2D eigenvalue weighted by Crippen LogP contribution is 2.27. The second-order valence-corrected chi connectivity index (χ2v) is 7.69. The van der Waals surface area contributed by atoms with Gasteiger partial charge in [-0.3, -0.25) is 4.79 Å². The summed E-state index contributed by atoms with van der Waals surface area (Å²) in [4.78, 5) is 21.3. The molecule has 0 aliphatic heterocycles. The van der Waals surface area contributed by atoms with E-state index < -0.39 is 0 Å². The van der Waals surface area contributed by atoms with Crippen LogP contribution in [0.4, 0.5) is 5.69 Å². The number of H-pyrrole nitrogens is 1. The first-order valence-electron chi connectivity index (χ1n) is 7.63. The van der Waals surface area contributed by atoms with Gasteiger partial charge in [-0.05, 0) is 49.9 Å². The maximum absolute atomic E-state index is 12.5. The van der Waals surface area contributed by atoms with E-state index in [1.165, 1.54) is 17.3 Å². The van der Waals surface area contributed by atoms with E-state index in [9.17, 15) is 4.79 Å². The van der Waals surface area contributed by atoms with Gasteiger partial charge in [0.15, 0.2) is 5.16 Å². The van der Waals surface area contributed by atoms with Crippen molar-refractivity contribution in [3.05, 3.63) is 48.0 Å². The molecule has 0 saturated heterocycles. The van der Waals surface area contributed by atoms with Gasteiger partial charge in [0.1, 0.15) is 0 Å². The number of carbonyl (C=O) groups excluding carboxylic acids is 1. The van der Waals surface area contributed by atoms with Gasteiger partial charge in [0.05, 0.1) is 22.0 Å². The highest BCUT2D eigenvalue weighted by molar-refractivity contribution is 8.00. The van der Waals surface area contributed by atoms with Gasteiger partial charge >= 0.3 is 0 Å². The number of hydrogen-bond acceptors (Lipinski definition) is 4. The Morgan fingerprint density at radius 3 is 2.83 bits per heavy atom. The highest BCUT2D eigenvalue weighted by atomic mass is 32.2. The van der Waals surface area contributed by atoms with E-state index in [4.69, 9.17) is 0 Å². The van der Waals surface area contributed by atoms with Crippen molar-refractivity contribution in [2.45, 2.75) is 29.1 Å². The van der Waals surface area contributed by atoms with Gasteiger partial charge in [-0.2, -0.15) is 0 Å². The first-order valence-corrected chi connectivity index (χ1v) is 9.74. The number of benzene rings is 2. The molecule has 0 saturated carbocycles. The van der Waals surface area contributed by atoms with Crippen LogP contribution in [0, 0.1) is 6.92 Å². The molecule has 3 rings (SSSR count). The molecule has 2 N–H and O–H groups in total. The fraction of sp³-hybridized carbons (Fsp3) is 0.222. The molecule has 1 heterocycles. The van der Waals surface area contributed by atoms with E-state index in [0.29, 0.717) is 0 Å². The lowest BCUT2D eigenvalue weighted by atomic mass is 10.2. The van der Waals surface area contributed by atoms with Crippen molar-refractivity contribution in [1.29, 1.82) is 0 Å². The number of aromatic nitrogens is 2. The molecule has 2 aromatic carbocycles. The minimum atomic E-state index is -0.249. The summed E-state index contributed by atoms with van der Waals surface area (Å²) in [5, 5.41) is 3.51. The molecule has 1 unspecified atom stereocenters. The van der Waals surface area contributed by atoms with E-state index in [0.717, 1.165) is 26.8 Å². The van der Waals surface area contributed by atoms with E-state index >= 15 is 0 Å². The summed E-state index contributed by atoms with van der Waals surface area (Å²) in [7, 11) is 0. The zero-order valence-electron chi connectivity index (χ0n) is 13.8. The summed E-state index contributed by atoms with van der Waals surface area (Å²) in [5.41, 5.74) is 3.95. The molecule has 0 spiro atoms. The molecule has 4 nitrogen and oxygen atoms in total. The molecule has 24 heavy (non-hydrogen) atoms. The number of imidazole rings is 1. The Balaban J connectivity index is 1.71. The van der Waals surface area contributed by atoms with Gasteiger partial charge in [0.25, 0.3) is 0 Å². The van der Waals surface area contributed by atoms with Crippen molar-refractivity contribution in [1.82, 2.24) is 9.97 Å². The van der Waals surface area contributed by atoms with Crippen LogP contribution >= 0.6 is 23.5 Å². The van der Waals surface area contributed by atoms with Crippen molar-refractivity contribution >= 4 is 46.2 Å². The van der Waals surface area contributed by atoms with Gasteiger partial charge in [-0.25, -0.2) is 4.98 Å². The Hall–Kier alpha value is -1.92. The Labute approximate surface area is 149 Å². The molecule has 124 valence electrons. The van der Waals surface area contributed by atoms with Crippen LogP contribution in [0.15, 0.2) is 52.5 Å². The quantitative estimate of drug-likeness (QED) is 0.649. The number of fused-ring (bicyclic) bond motifs is 1. The second-order valence-electron chi connectivity index (χ2n) is 5.51. The monoisotopic (exact) mass is 357 g/mol. The lowest BCUT2D eigenvalue weighted by Gasteiger charge is -2.12. The number of thioether (sulfide) groups is 2. The first-order chi connectivity index (χ1) is 11.6. The van der Waals surface area contributed by atoms with Crippen molar-refractivity contribution in [2.24, 2.45) is 0 Å². The molecule has 1 atom stereocenters. The van der Waals surface area contributed by atoms with Crippen LogP contribution < -0.4 is 5.32 Å². The smallest absolute Gasteiger partial charge is 0.237 e. The van der Waals surface area contributed by atoms with Gasteiger partial charge in [0.2, 0.25) is 5.91 Å². The van der Waals surface area contributed by atoms with Crippen LogP contribution in [-0.2, 0) is 4.79 Å². The average Bonchev–Trinajstić information content (AvgIpc) is 2.96. The van der Waals surface area contributed by atoms with Crippen LogP contribution in [0.1, 0.15) is 12.5 Å². The van der Waals surface area contributed by atoms with Crippen LogP contribution in [0.25, 0.3) is 11.0 Å². The topological polar surface area (TPSA) is 57.8 Å². The van der Waals surface area contributed by atoms with Crippen molar-refractivity contribution in [2.75, 3.05) is 11.6 Å². The van der Waals surface area contributed by atoms with Crippen molar-refractivity contribution in [3.63, 3.8) is 0 Å². The molecule has 6 heteroatoms. The first kappa shape index (κ1) is 16.9. The molecule has 0 aliphatic carbocycles.